The predicted octanol–water partition coefficient (Wildman–Crippen LogP) is 4.83. The van der Waals surface area contributed by atoms with Gasteiger partial charge < -0.3 is 9.16 Å². The number of carbonyl (C=O) groups excluding carboxylic acids is 2. The summed E-state index contributed by atoms with van der Waals surface area (Å²) in [5, 5.41) is 0.133. The fourth-order valence-corrected chi connectivity index (χ4v) is 7.33. The van der Waals surface area contributed by atoms with Crippen LogP contribution in [0.1, 0.15) is 60.8 Å². The maximum absolute atomic E-state index is 13.4. The van der Waals surface area contributed by atoms with E-state index in [1.54, 1.807) is 0 Å². The molecule has 0 heterocycles. The molecule has 0 radical (unpaired) electrons. The molecular weight excluding hydrogens is 356 g/mol. The molecule has 6 atom stereocenters. The van der Waals surface area contributed by atoms with Gasteiger partial charge in [-0.3, -0.25) is 9.59 Å². The second kappa shape index (κ2) is 6.16. The topological polar surface area (TPSA) is 52.6 Å². The van der Waals surface area contributed by atoms with E-state index in [0.717, 1.165) is 19.3 Å². The van der Waals surface area contributed by atoms with Gasteiger partial charge in [-0.15, -0.1) is 0 Å². The number of carbonyl (C=O) groups is 2. The van der Waals surface area contributed by atoms with E-state index < -0.39 is 14.2 Å². The summed E-state index contributed by atoms with van der Waals surface area (Å²) < 4.78 is 12.0. The lowest BCUT2D eigenvalue weighted by atomic mass is 9.44. The maximum Gasteiger partial charge on any atom is 0.316 e. The molecular formula is C22H38O4Si. The molecule has 4 nitrogen and oxygen atoms in total. The standard InChI is InChI=1S/C22H38O4Si/c1-20(2,3)27(8,9)26-18-16-13(12-21(18,4)5)17(23)15(19(24)25-7)14-10-11-22(14,16)6/h13-16,18H,10-12H2,1-9H3/t13-,14+,15?,16-,18+,22+/m1/s1. The summed E-state index contributed by atoms with van der Waals surface area (Å²) in [5.41, 5.74) is -0.0626. The zero-order valence-electron chi connectivity index (χ0n) is 18.6. The second-order valence-corrected chi connectivity index (χ2v) is 16.4. The number of esters is 1. The smallest absolute Gasteiger partial charge is 0.316 e. The molecule has 1 unspecified atom stereocenters. The molecule has 3 aliphatic carbocycles. The van der Waals surface area contributed by atoms with Crippen LogP contribution in [0.4, 0.5) is 0 Å². The minimum Gasteiger partial charge on any atom is -0.468 e. The summed E-state index contributed by atoms with van der Waals surface area (Å²) >= 11 is 0. The summed E-state index contributed by atoms with van der Waals surface area (Å²) in [6.07, 6.45) is 2.91. The second-order valence-electron chi connectivity index (χ2n) is 11.7. The fourth-order valence-electron chi connectivity index (χ4n) is 5.88. The SMILES string of the molecule is COC(=O)C1C(=O)[C@@H]2CC(C)(C)[C@@H](O[Si](C)(C)C(C)(C)C)[C@@H]2[C@@]2(C)CC[C@@H]12. The number of ketones is 1. The Morgan fingerprint density at radius 3 is 2.22 bits per heavy atom. The van der Waals surface area contributed by atoms with Gasteiger partial charge in [0, 0.05) is 5.92 Å². The third-order valence-corrected chi connectivity index (χ3v) is 13.1. The van der Waals surface area contributed by atoms with Gasteiger partial charge in [0.05, 0.1) is 13.2 Å². The molecule has 3 fully saturated rings. The number of Topliss-reactive ketones (excluding diaryl/α,β-unsaturated/α-hetero) is 1. The van der Waals surface area contributed by atoms with Crippen molar-refractivity contribution in [2.75, 3.05) is 7.11 Å². The largest absolute Gasteiger partial charge is 0.468 e. The molecule has 0 aromatic heterocycles. The Morgan fingerprint density at radius 2 is 1.78 bits per heavy atom. The van der Waals surface area contributed by atoms with E-state index in [9.17, 15) is 9.59 Å². The zero-order valence-corrected chi connectivity index (χ0v) is 19.6. The molecule has 0 aromatic rings. The Bertz CT molecular complexity index is 647. The van der Waals surface area contributed by atoms with Gasteiger partial charge in [0.2, 0.25) is 0 Å². The summed E-state index contributed by atoms with van der Waals surface area (Å²) in [6, 6.07) is 0. The third kappa shape index (κ3) is 2.95. The van der Waals surface area contributed by atoms with Gasteiger partial charge in [-0.05, 0) is 60.1 Å². The van der Waals surface area contributed by atoms with Gasteiger partial charge >= 0.3 is 5.97 Å². The molecule has 0 aliphatic heterocycles. The fraction of sp³-hybridized carbons (Fsp3) is 0.909. The van der Waals surface area contributed by atoms with Crippen LogP contribution in [0.3, 0.4) is 0 Å². The Hall–Kier alpha value is -0.683. The first-order valence-electron chi connectivity index (χ1n) is 10.5. The van der Waals surface area contributed by atoms with E-state index in [1.807, 2.05) is 0 Å². The highest BCUT2D eigenvalue weighted by Gasteiger charge is 2.69. The Kier molecular flexibility index (Phi) is 4.80. The number of fused-ring (bicyclic) bond motifs is 3. The molecule has 3 rings (SSSR count). The molecule has 0 bridgehead atoms. The summed E-state index contributed by atoms with van der Waals surface area (Å²) in [6.45, 7) is 18.2. The van der Waals surface area contributed by atoms with E-state index in [2.05, 4.69) is 54.6 Å². The highest BCUT2D eigenvalue weighted by Crippen LogP contribution is 2.68. The highest BCUT2D eigenvalue weighted by atomic mass is 28.4. The van der Waals surface area contributed by atoms with Crippen molar-refractivity contribution in [3.63, 3.8) is 0 Å². The quantitative estimate of drug-likeness (QED) is 0.391. The van der Waals surface area contributed by atoms with Gasteiger partial charge in [0.1, 0.15) is 5.92 Å². The lowest BCUT2D eigenvalue weighted by molar-refractivity contribution is -0.180. The minimum atomic E-state index is -1.97. The number of ether oxygens (including phenoxy) is 1. The van der Waals surface area contributed by atoms with Crippen molar-refractivity contribution in [1.82, 2.24) is 0 Å². The molecule has 0 aromatic carbocycles. The highest BCUT2D eigenvalue weighted by molar-refractivity contribution is 6.74. The third-order valence-electron chi connectivity index (χ3n) is 8.64. The molecule has 3 aliphatic rings. The Balaban J connectivity index is 2.00. The number of rotatable bonds is 3. The van der Waals surface area contributed by atoms with Crippen LogP contribution < -0.4 is 0 Å². The number of hydrogen-bond donors (Lipinski definition) is 0. The molecule has 3 saturated carbocycles. The summed E-state index contributed by atoms with van der Waals surface area (Å²) in [7, 11) is -0.564. The van der Waals surface area contributed by atoms with Crippen LogP contribution >= 0.6 is 0 Å². The normalized spacial score (nSPS) is 40.8. The predicted molar refractivity (Wildman–Crippen MR) is 109 cm³/mol. The van der Waals surface area contributed by atoms with Gasteiger partial charge in [-0.2, -0.15) is 0 Å². The van der Waals surface area contributed by atoms with Crippen LogP contribution in [-0.4, -0.2) is 33.3 Å². The monoisotopic (exact) mass is 394 g/mol. The van der Waals surface area contributed by atoms with E-state index >= 15 is 0 Å². The van der Waals surface area contributed by atoms with Crippen LogP contribution in [0, 0.1) is 34.5 Å². The number of methoxy groups -OCH3 is 1. The zero-order chi connectivity index (χ0) is 20.6. The van der Waals surface area contributed by atoms with E-state index in [4.69, 9.17) is 9.16 Å². The lowest BCUT2D eigenvalue weighted by Crippen LogP contribution is -2.62. The van der Waals surface area contributed by atoms with Gasteiger partial charge in [0.25, 0.3) is 0 Å². The first-order chi connectivity index (χ1) is 12.2. The Labute approximate surface area is 165 Å². The molecule has 0 N–H and O–H groups in total. The van der Waals surface area contributed by atoms with Crippen molar-refractivity contribution in [3.8, 4) is 0 Å². The van der Waals surface area contributed by atoms with Crippen molar-refractivity contribution in [1.29, 1.82) is 0 Å². The van der Waals surface area contributed by atoms with Crippen molar-refractivity contribution >= 4 is 20.1 Å². The van der Waals surface area contributed by atoms with E-state index in [-0.39, 0.29) is 51.5 Å². The van der Waals surface area contributed by atoms with Crippen LogP contribution in [0.15, 0.2) is 0 Å². The van der Waals surface area contributed by atoms with Crippen LogP contribution in [0.5, 0.6) is 0 Å². The van der Waals surface area contributed by atoms with Gasteiger partial charge in [-0.25, -0.2) is 0 Å². The molecule has 27 heavy (non-hydrogen) atoms. The molecule has 0 saturated heterocycles. The maximum atomic E-state index is 13.4. The average Bonchev–Trinajstić information content (AvgIpc) is 2.78. The molecule has 0 amide bonds. The Morgan fingerprint density at radius 1 is 1.19 bits per heavy atom. The first kappa shape index (κ1) is 21.0. The average molecular weight is 395 g/mol. The van der Waals surface area contributed by atoms with Crippen molar-refractivity contribution in [2.45, 2.75) is 85.0 Å². The van der Waals surface area contributed by atoms with Gasteiger partial charge in [0.15, 0.2) is 14.1 Å². The summed E-state index contributed by atoms with van der Waals surface area (Å²) in [5.74, 6) is -0.547. The number of hydrogen-bond acceptors (Lipinski definition) is 4. The molecule has 5 heteroatoms. The van der Waals surface area contributed by atoms with E-state index in [0.29, 0.717) is 0 Å². The first-order valence-corrected chi connectivity index (χ1v) is 13.4. The molecule has 0 spiro atoms. The van der Waals surface area contributed by atoms with Crippen molar-refractivity contribution < 1.29 is 18.8 Å². The minimum absolute atomic E-state index is 0.00175. The van der Waals surface area contributed by atoms with Crippen LogP contribution in [-0.2, 0) is 18.8 Å². The van der Waals surface area contributed by atoms with Crippen molar-refractivity contribution in [3.05, 3.63) is 0 Å². The van der Waals surface area contributed by atoms with E-state index in [1.165, 1.54) is 7.11 Å². The summed E-state index contributed by atoms with van der Waals surface area (Å²) in [4.78, 5) is 25.8. The van der Waals surface area contributed by atoms with Crippen molar-refractivity contribution in [2.24, 2.45) is 34.5 Å². The molecule has 154 valence electrons. The van der Waals surface area contributed by atoms with Crippen LogP contribution in [0.25, 0.3) is 0 Å². The lowest BCUT2D eigenvalue weighted by Gasteiger charge is -2.60. The van der Waals surface area contributed by atoms with Crippen LogP contribution in [0.2, 0.25) is 18.1 Å². The van der Waals surface area contributed by atoms with Gasteiger partial charge in [-0.1, -0.05) is 41.5 Å².